The second-order valence-corrected chi connectivity index (χ2v) is 4.87. The van der Waals surface area contributed by atoms with Crippen molar-refractivity contribution in [3.05, 3.63) is 30.3 Å². The summed E-state index contributed by atoms with van der Waals surface area (Å²) in [7, 11) is 0. The van der Waals surface area contributed by atoms with Gasteiger partial charge in [-0.3, -0.25) is 4.79 Å². The topological polar surface area (TPSA) is 56.1 Å². The number of carbonyl (C=O) groups excluding carboxylic acids is 1. The normalized spacial score (nSPS) is 21.9. The highest BCUT2D eigenvalue weighted by molar-refractivity contribution is 5.95. The number of anilines is 1. The van der Waals surface area contributed by atoms with E-state index in [4.69, 9.17) is 5.26 Å². The van der Waals surface area contributed by atoms with Crippen LogP contribution < -0.4 is 10.2 Å². The molecule has 19 heavy (non-hydrogen) atoms. The van der Waals surface area contributed by atoms with Gasteiger partial charge in [0.1, 0.15) is 0 Å². The average Bonchev–Trinajstić information content (AvgIpc) is 2.86. The molecule has 0 saturated carbocycles. The number of nitrogens with zero attached hydrogens (tertiary/aromatic N) is 2. The number of amides is 1. The lowest BCUT2D eigenvalue weighted by molar-refractivity contribution is -0.122. The van der Waals surface area contributed by atoms with E-state index in [1.165, 1.54) is 0 Å². The molecule has 2 unspecified atom stereocenters. The van der Waals surface area contributed by atoms with Crippen molar-refractivity contribution in [3.8, 4) is 6.07 Å². The van der Waals surface area contributed by atoms with E-state index in [9.17, 15) is 4.79 Å². The monoisotopic (exact) mass is 257 g/mol. The molecule has 0 aliphatic carbocycles. The van der Waals surface area contributed by atoms with E-state index in [-0.39, 0.29) is 17.9 Å². The highest BCUT2D eigenvalue weighted by atomic mass is 16.2. The van der Waals surface area contributed by atoms with Crippen LogP contribution in [0.5, 0.6) is 0 Å². The molecule has 4 heteroatoms. The zero-order valence-electron chi connectivity index (χ0n) is 11.2. The first-order valence-corrected chi connectivity index (χ1v) is 6.71. The fraction of sp³-hybridized carbons (Fsp3) is 0.467. The standard InChI is InChI=1S/C15H19N3O/c1-12-14(8-10-17-12)15(19)18(11-5-9-16)13-6-3-2-4-7-13/h2-4,6-7,12,14,17H,5,8,10-11H2,1H3. The van der Waals surface area contributed by atoms with Gasteiger partial charge in [0.25, 0.3) is 0 Å². The molecule has 1 aromatic carbocycles. The molecule has 2 atom stereocenters. The van der Waals surface area contributed by atoms with Gasteiger partial charge in [0.2, 0.25) is 5.91 Å². The molecule has 4 nitrogen and oxygen atoms in total. The van der Waals surface area contributed by atoms with Gasteiger partial charge >= 0.3 is 0 Å². The molecule has 1 saturated heterocycles. The number of hydrogen-bond donors (Lipinski definition) is 1. The Morgan fingerprint density at radius 1 is 1.47 bits per heavy atom. The smallest absolute Gasteiger partial charge is 0.231 e. The minimum Gasteiger partial charge on any atom is -0.313 e. The minimum atomic E-state index is 0.0129. The average molecular weight is 257 g/mol. The van der Waals surface area contributed by atoms with Gasteiger partial charge < -0.3 is 10.2 Å². The van der Waals surface area contributed by atoms with Crippen LogP contribution in [-0.4, -0.2) is 25.0 Å². The molecule has 1 fully saturated rings. The Kier molecular flexibility index (Phi) is 4.53. The van der Waals surface area contributed by atoms with Crippen molar-refractivity contribution in [1.29, 1.82) is 5.26 Å². The quantitative estimate of drug-likeness (QED) is 0.896. The number of nitrogens with one attached hydrogen (secondary N) is 1. The van der Waals surface area contributed by atoms with E-state index >= 15 is 0 Å². The number of benzene rings is 1. The van der Waals surface area contributed by atoms with E-state index in [0.29, 0.717) is 13.0 Å². The number of rotatable bonds is 4. The fourth-order valence-corrected chi connectivity index (χ4v) is 2.53. The summed E-state index contributed by atoms with van der Waals surface area (Å²) >= 11 is 0. The Hall–Kier alpha value is -1.86. The second kappa shape index (κ2) is 6.35. The first kappa shape index (κ1) is 13.6. The molecule has 1 aromatic rings. The Labute approximate surface area is 114 Å². The zero-order valence-corrected chi connectivity index (χ0v) is 11.2. The molecule has 0 spiro atoms. The summed E-state index contributed by atoms with van der Waals surface area (Å²) in [6, 6.07) is 11.9. The van der Waals surface area contributed by atoms with Crippen molar-refractivity contribution in [3.63, 3.8) is 0 Å². The molecule has 0 bridgehead atoms. The summed E-state index contributed by atoms with van der Waals surface area (Å²) < 4.78 is 0. The number of para-hydroxylation sites is 1. The fourth-order valence-electron chi connectivity index (χ4n) is 2.53. The number of carbonyl (C=O) groups is 1. The van der Waals surface area contributed by atoms with E-state index < -0.39 is 0 Å². The van der Waals surface area contributed by atoms with Gasteiger partial charge in [-0.2, -0.15) is 5.26 Å². The van der Waals surface area contributed by atoms with Gasteiger partial charge in [-0.1, -0.05) is 18.2 Å². The molecular formula is C15H19N3O. The maximum atomic E-state index is 12.6. The van der Waals surface area contributed by atoms with E-state index in [1.54, 1.807) is 4.90 Å². The summed E-state index contributed by atoms with van der Waals surface area (Å²) in [5, 5.41) is 12.1. The van der Waals surface area contributed by atoms with Crippen LogP contribution in [-0.2, 0) is 4.79 Å². The number of nitriles is 1. The molecule has 1 heterocycles. The zero-order chi connectivity index (χ0) is 13.7. The first-order chi connectivity index (χ1) is 9.24. The summed E-state index contributed by atoms with van der Waals surface area (Å²) in [6.07, 6.45) is 1.23. The summed E-state index contributed by atoms with van der Waals surface area (Å²) in [5.74, 6) is 0.137. The summed E-state index contributed by atoms with van der Waals surface area (Å²) in [4.78, 5) is 14.4. The van der Waals surface area contributed by atoms with Crippen molar-refractivity contribution in [2.24, 2.45) is 5.92 Å². The maximum absolute atomic E-state index is 12.6. The second-order valence-electron chi connectivity index (χ2n) is 4.87. The van der Waals surface area contributed by atoms with Gasteiger partial charge in [-0.05, 0) is 32.0 Å². The van der Waals surface area contributed by atoms with Crippen molar-refractivity contribution in [2.75, 3.05) is 18.0 Å². The van der Waals surface area contributed by atoms with Crippen molar-refractivity contribution < 1.29 is 4.79 Å². The maximum Gasteiger partial charge on any atom is 0.231 e. The summed E-state index contributed by atoms with van der Waals surface area (Å²) in [6.45, 7) is 3.39. The summed E-state index contributed by atoms with van der Waals surface area (Å²) in [5.41, 5.74) is 0.877. The van der Waals surface area contributed by atoms with Gasteiger partial charge in [0.05, 0.1) is 18.4 Å². The van der Waals surface area contributed by atoms with Crippen LogP contribution in [0.2, 0.25) is 0 Å². The third-order valence-electron chi connectivity index (χ3n) is 3.62. The Balaban J connectivity index is 2.18. The third kappa shape index (κ3) is 3.12. The highest BCUT2D eigenvalue weighted by Crippen LogP contribution is 2.22. The molecule has 1 aliphatic rings. The lowest BCUT2D eigenvalue weighted by atomic mass is 10.00. The van der Waals surface area contributed by atoms with Gasteiger partial charge in [0.15, 0.2) is 0 Å². The van der Waals surface area contributed by atoms with Gasteiger partial charge in [0, 0.05) is 18.3 Å². The third-order valence-corrected chi connectivity index (χ3v) is 3.62. The van der Waals surface area contributed by atoms with E-state index in [2.05, 4.69) is 11.4 Å². The van der Waals surface area contributed by atoms with Crippen LogP contribution in [0.25, 0.3) is 0 Å². The van der Waals surface area contributed by atoms with Crippen molar-refractivity contribution >= 4 is 11.6 Å². The minimum absolute atomic E-state index is 0.0129. The van der Waals surface area contributed by atoms with Crippen LogP contribution in [0.15, 0.2) is 30.3 Å². The van der Waals surface area contributed by atoms with Crippen LogP contribution in [0.4, 0.5) is 5.69 Å². The lowest BCUT2D eigenvalue weighted by Gasteiger charge is -2.26. The van der Waals surface area contributed by atoms with Crippen LogP contribution >= 0.6 is 0 Å². The van der Waals surface area contributed by atoms with Crippen LogP contribution in [0.3, 0.4) is 0 Å². The predicted molar refractivity (Wildman–Crippen MR) is 74.6 cm³/mol. The molecule has 0 aromatic heterocycles. The molecule has 0 radical (unpaired) electrons. The Morgan fingerprint density at radius 2 is 2.21 bits per heavy atom. The number of hydrogen-bond acceptors (Lipinski definition) is 3. The highest BCUT2D eigenvalue weighted by Gasteiger charge is 2.32. The molecule has 1 N–H and O–H groups in total. The van der Waals surface area contributed by atoms with E-state index in [0.717, 1.165) is 18.7 Å². The van der Waals surface area contributed by atoms with E-state index in [1.807, 2.05) is 37.3 Å². The van der Waals surface area contributed by atoms with Crippen molar-refractivity contribution in [2.45, 2.75) is 25.8 Å². The predicted octanol–water partition coefficient (Wildman–Crippen LogP) is 1.93. The molecule has 1 aliphatic heterocycles. The molecular weight excluding hydrogens is 238 g/mol. The van der Waals surface area contributed by atoms with Gasteiger partial charge in [-0.25, -0.2) is 0 Å². The van der Waals surface area contributed by atoms with Crippen LogP contribution in [0, 0.1) is 17.2 Å². The molecule has 1 amide bonds. The largest absolute Gasteiger partial charge is 0.313 e. The molecule has 2 rings (SSSR count). The lowest BCUT2D eigenvalue weighted by Crippen LogP contribution is -2.40. The Morgan fingerprint density at radius 3 is 2.79 bits per heavy atom. The van der Waals surface area contributed by atoms with Crippen LogP contribution in [0.1, 0.15) is 19.8 Å². The SMILES string of the molecule is CC1NCCC1C(=O)N(CCC#N)c1ccccc1. The Bertz CT molecular complexity index is 466. The molecule has 100 valence electrons. The van der Waals surface area contributed by atoms with Crippen molar-refractivity contribution in [1.82, 2.24) is 5.32 Å². The van der Waals surface area contributed by atoms with Gasteiger partial charge in [-0.15, -0.1) is 0 Å². The first-order valence-electron chi connectivity index (χ1n) is 6.71.